The molecule has 4 heterocycles. The van der Waals surface area contributed by atoms with Crippen molar-refractivity contribution in [2.24, 2.45) is 18.7 Å². The smallest absolute Gasteiger partial charge is 0.229 e. The van der Waals surface area contributed by atoms with E-state index in [2.05, 4.69) is 44.5 Å². The van der Waals surface area contributed by atoms with E-state index >= 15 is 0 Å². The maximum absolute atomic E-state index is 8.00. The molecule has 0 bridgehead atoms. The molecule has 0 radical (unpaired) electrons. The Balaban J connectivity index is 0.000000441. The average Bonchev–Trinajstić information content (AvgIpc) is 3.41. The zero-order valence-corrected chi connectivity index (χ0v) is 22.7. The number of ether oxygens (including phenoxy) is 2. The van der Waals surface area contributed by atoms with Crippen LogP contribution >= 0.6 is 11.6 Å². The van der Waals surface area contributed by atoms with Crippen LogP contribution in [-0.4, -0.2) is 70.8 Å². The molecule has 1 saturated carbocycles. The Morgan fingerprint density at radius 1 is 1.14 bits per heavy atom. The molecule has 3 aliphatic rings. The predicted molar refractivity (Wildman–Crippen MR) is 145 cm³/mol. The monoisotopic (exact) mass is 535 g/mol. The van der Waals surface area contributed by atoms with Crippen molar-refractivity contribution in [1.82, 2.24) is 19.7 Å². The highest BCUT2D eigenvalue weighted by atomic mass is 35.5. The van der Waals surface area contributed by atoms with Crippen molar-refractivity contribution in [1.29, 1.82) is 0 Å². The van der Waals surface area contributed by atoms with Crippen LogP contribution < -0.4 is 16.4 Å². The van der Waals surface area contributed by atoms with Gasteiger partial charge < -0.3 is 35.4 Å². The molecular formula is C25H38ClN7O4. The second-order valence-electron chi connectivity index (χ2n) is 8.28. The van der Waals surface area contributed by atoms with Crippen LogP contribution in [-0.2, 0) is 26.1 Å². The maximum Gasteiger partial charge on any atom is 0.229 e. The molecule has 37 heavy (non-hydrogen) atoms. The van der Waals surface area contributed by atoms with Crippen LogP contribution in [0.25, 0.3) is 0 Å². The molecule has 0 spiro atoms. The first-order valence-electron chi connectivity index (χ1n) is 11.9. The van der Waals surface area contributed by atoms with Crippen LogP contribution in [0.15, 0.2) is 18.6 Å². The van der Waals surface area contributed by atoms with Crippen LogP contribution in [0.4, 0.5) is 17.5 Å². The van der Waals surface area contributed by atoms with Crippen LogP contribution in [0.2, 0.25) is 5.02 Å². The normalized spacial score (nSPS) is 22.4. The van der Waals surface area contributed by atoms with Gasteiger partial charge in [0.1, 0.15) is 30.8 Å². The zero-order chi connectivity index (χ0) is 27.8. The number of hydrogen-bond donors (Lipinski definition) is 3. The first-order valence-corrected chi connectivity index (χ1v) is 12.3. The molecule has 4 unspecified atom stereocenters. The summed E-state index contributed by atoms with van der Waals surface area (Å²) in [5, 5.41) is 10.9. The highest BCUT2D eigenvalue weighted by Crippen LogP contribution is 2.31. The van der Waals surface area contributed by atoms with E-state index in [-0.39, 0.29) is 24.3 Å². The van der Waals surface area contributed by atoms with Crippen molar-refractivity contribution < 1.29 is 19.1 Å². The van der Waals surface area contributed by atoms with Gasteiger partial charge in [0.05, 0.1) is 43.4 Å². The number of nitrogens with zero attached hydrogens (tertiary/aromatic N) is 4. The Hall–Kier alpha value is -3.04. The van der Waals surface area contributed by atoms with Gasteiger partial charge in [-0.3, -0.25) is 4.68 Å². The van der Waals surface area contributed by atoms with Gasteiger partial charge in [0, 0.05) is 13.2 Å². The Bertz CT molecular complexity index is 985. The van der Waals surface area contributed by atoms with Gasteiger partial charge in [-0.2, -0.15) is 10.1 Å². The molecule has 0 amide bonds. The fourth-order valence-electron chi connectivity index (χ4n) is 3.50. The number of carbonyl (C=O) groups is 2. The van der Waals surface area contributed by atoms with Crippen molar-refractivity contribution in [3.8, 4) is 11.8 Å². The molecule has 2 aliphatic heterocycles. The van der Waals surface area contributed by atoms with Crippen molar-refractivity contribution in [3.05, 3.63) is 23.6 Å². The lowest BCUT2D eigenvalue weighted by Crippen LogP contribution is -2.38. The summed E-state index contributed by atoms with van der Waals surface area (Å²) in [5.41, 5.74) is 6.76. The third kappa shape index (κ3) is 10.5. The molecule has 204 valence electrons. The third-order valence-corrected chi connectivity index (χ3v) is 5.92. The van der Waals surface area contributed by atoms with Crippen LogP contribution in [0.5, 0.6) is 0 Å². The molecule has 12 heteroatoms. The summed E-state index contributed by atoms with van der Waals surface area (Å²) in [5.74, 6) is 7.45. The van der Waals surface area contributed by atoms with E-state index in [1.54, 1.807) is 17.1 Å². The molecule has 4 N–H and O–H groups in total. The minimum absolute atomic E-state index is 0.0535. The van der Waals surface area contributed by atoms with E-state index in [0.29, 0.717) is 30.0 Å². The summed E-state index contributed by atoms with van der Waals surface area (Å²) in [6, 6.07) is -0.146. The number of rotatable bonds is 5. The van der Waals surface area contributed by atoms with Crippen molar-refractivity contribution >= 4 is 42.6 Å². The molecule has 1 aliphatic carbocycles. The zero-order valence-electron chi connectivity index (χ0n) is 21.9. The van der Waals surface area contributed by atoms with Crippen LogP contribution in [0.1, 0.15) is 40.0 Å². The standard InChI is InChI=1S/C14H18ClN7O2.C5H10.C4H6.2CH2O/c1-22-4-7(2-18-22)19-14-17-3-8(15)13(21-14)20-10-6-24-11-9(16)5-23-12(10)11;1-2-5-3-4-5;1-3-4-2;2*1-2/h2-4,9-12H,5-6,16H2,1H3,(H2,17,19,20,21);5H,2-4H2,1H3;1-2H3;2*1H2. The van der Waals surface area contributed by atoms with E-state index in [1.807, 2.05) is 40.7 Å². The Morgan fingerprint density at radius 2 is 1.78 bits per heavy atom. The number of aromatic nitrogens is 4. The number of anilines is 3. The first kappa shape index (κ1) is 32.0. The second kappa shape index (κ2) is 17.4. The molecular weight excluding hydrogens is 498 g/mol. The van der Waals surface area contributed by atoms with Gasteiger partial charge in [0.25, 0.3) is 0 Å². The minimum atomic E-state index is -0.0965. The number of fused-ring (bicyclic) bond motifs is 1. The third-order valence-electron chi connectivity index (χ3n) is 5.64. The van der Waals surface area contributed by atoms with E-state index in [4.69, 9.17) is 36.4 Å². The minimum Gasteiger partial charge on any atom is -0.371 e. The number of aryl methyl sites for hydroxylation is 1. The Labute approximate surface area is 223 Å². The maximum atomic E-state index is 8.00. The molecule has 5 rings (SSSR count). The molecule has 11 nitrogen and oxygen atoms in total. The summed E-state index contributed by atoms with van der Waals surface area (Å²) in [6.45, 7) is 10.9. The van der Waals surface area contributed by atoms with Gasteiger partial charge in [-0.05, 0) is 19.8 Å². The Kier molecular flexibility index (Phi) is 15.1. The van der Waals surface area contributed by atoms with Gasteiger partial charge >= 0.3 is 0 Å². The summed E-state index contributed by atoms with van der Waals surface area (Å²) < 4.78 is 13.1. The van der Waals surface area contributed by atoms with Gasteiger partial charge in [0.15, 0.2) is 5.82 Å². The molecule has 2 saturated heterocycles. The molecule has 2 aromatic rings. The Morgan fingerprint density at radius 3 is 2.30 bits per heavy atom. The number of halogens is 1. The number of nitrogens with two attached hydrogens (primary N) is 1. The SMILES string of the molecule is C=O.C=O.CC#CC.CCC1CC1.Cn1cc(Nc2ncc(Cl)c(NC3COC4C(N)COC34)n2)cn1. The summed E-state index contributed by atoms with van der Waals surface area (Å²) in [6.07, 6.45) is 9.32. The van der Waals surface area contributed by atoms with Gasteiger partial charge in [-0.15, -0.1) is 11.8 Å². The van der Waals surface area contributed by atoms with E-state index < -0.39 is 0 Å². The van der Waals surface area contributed by atoms with Crippen LogP contribution in [0, 0.1) is 17.8 Å². The fourth-order valence-corrected chi connectivity index (χ4v) is 3.64. The first-order chi connectivity index (χ1) is 17.9. The van der Waals surface area contributed by atoms with Gasteiger partial charge in [0.2, 0.25) is 5.95 Å². The lowest BCUT2D eigenvalue weighted by Gasteiger charge is -2.19. The summed E-state index contributed by atoms with van der Waals surface area (Å²) in [7, 11) is 1.84. The lowest BCUT2D eigenvalue weighted by molar-refractivity contribution is -0.0987. The van der Waals surface area contributed by atoms with Crippen molar-refractivity contribution in [2.45, 2.75) is 64.3 Å². The molecule has 2 aromatic heterocycles. The number of nitrogens with one attached hydrogen (secondary N) is 2. The van der Waals surface area contributed by atoms with Crippen molar-refractivity contribution in [2.75, 3.05) is 23.8 Å². The summed E-state index contributed by atoms with van der Waals surface area (Å²) >= 11 is 6.22. The average molecular weight is 536 g/mol. The highest BCUT2D eigenvalue weighted by Gasteiger charge is 2.46. The van der Waals surface area contributed by atoms with E-state index in [9.17, 15) is 0 Å². The van der Waals surface area contributed by atoms with Gasteiger partial charge in [-0.25, -0.2) is 4.98 Å². The number of carbonyl (C=O) groups excluding carboxylic acids is 2. The topological polar surface area (TPSA) is 146 Å². The van der Waals surface area contributed by atoms with Crippen molar-refractivity contribution in [3.63, 3.8) is 0 Å². The largest absolute Gasteiger partial charge is 0.371 e. The summed E-state index contributed by atoms with van der Waals surface area (Å²) in [4.78, 5) is 24.6. The molecule has 4 atom stereocenters. The lowest BCUT2D eigenvalue weighted by atomic mass is 10.1. The van der Waals surface area contributed by atoms with Crippen LogP contribution in [0.3, 0.4) is 0 Å². The molecule has 3 fully saturated rings. The molecule has 0 aromatic carbocycles. The van der Waals surface area contributed by atoms with E-state index in [0.717, 1.165) is 11.6 Å². The second-order valence-corrected chi connectivity index (χ2v) is 8.69. The fraction of sp³-hybridized carbons (Fsp3) is 0.560. The van der Waals surface area contributed by atoms with E-state index in [1.165, 1.54) is 19.3 Å². The predicted octanol–water partition coefficient (Wildman–Crippen LogP) is 2.98. The number of hydrogen-bond acceptors (Lipinski definition) is 10. The quantitative estimate of drug-likeness (QED) is 0.488. The van der Waals surface area contributed by atoms with Gasteiger partial charge in [-0.1, -0.05) is 37.8 Å². The highest BCUT2D eigenvalue weighted by molar-refractivity contribution is 6.32.